The molecule has 0 aliphatic carbocycles. The highest BCUT2D eigenvalue weighted by atomic mass is 19.1. The summed E-state index contributed by atoms with van der Waals surface area (Å²) in [6, 6.07) is 5.37. The van der Waals surface area contributed by atoms with Gasteiger partial charge in [-0.2, -0.15) is 0 Å². The number of ether oxygens (including phenoxy) is 2. The van der Waals surface area contributed by atoms with E-state index in [0.717, 1.165) is 5.56 Å². The van der Waals surface area contributed by atoms with Gasteiger partial charge in [0, 0.05) is 12.6 Å². The van der Waals surface area contributed by atoms with Crippen molar-refractivity contribution >= 4 is 12.0 Å². The van der Waals surface area contributed by atoms with Crippen molar-refractivity contribution in [2.45, 2.75) is 6.42 Å². The second kappa shape index (κ2) is 6.92. The van der Waals surface area contributed by atoms with Crippen molar-refractivity contribution < 1.29 is 18.7 Å². The first-order chi connectivity index (χ1) is 10.1. The fraction of sp³-hybridized carbons (Fsp3) is 0.312. The number of amides is 1. The van der Waals surface area contributed by atoms with Gasteiger partial charge in [-0.3, -0.25) is 4.79 Å². The summed E-state index contributed by atoms with van der Waals surface area (Å²) in [6.45, 7) is 0.595. The molecule has 1 heterocycles. The van der Waals surface area contributed by atoms with Gasteiger partial charge in [0.15, 0.2) is 11.5 Å². The monoisotopic (exact) mass is 291 g/mol. The van der Waals surface area contributed by atoms with E-state index in [1.807, 2.05) is 6.07 Å². The van der Waals surface area contributed by atoms with E-state index >= 15 is 0 Å². The van der Waals surface area contributed by atoms with E-state index in [9.17, 15) is 9.18 Å². The molecule has 0 spiro atoms. The van der Waals surface area contributed by atoms with E-state index in [1.54, 1.807) is 32.4 Å². The molecule has 1 aliphatic heterocycles. The Morgan fingerprint density at radius 3 is 2.71 bits per heavy atom. The maximum Gasteiger partial charge on any atom is 0.246 e. The van der Waals surface area contributed by atoms with Gasteiger partial charge in [-0.15, -0.1) is 0 Å². The van der Waals surface area contributed by atoms with Crippen LogP contribution in [0, 0.1) is 0 Å². The Balaban J connectivity index is 2.07. The molecule has 1 aromatic carbocycles. The van der Waals surface area contributed by atoms with Crippen LogP contribution >= 0.6 is 0 Å². The highest BCUT2D eigenvalue weighted by molar-refractivity contribution is 5.92. The van der Waals surface area contributed by atoms with Crippen molar-refractivity contribution in [3.63, 3.8) is 0 Å². The molecule has 0 aromatic heterocycles. The molecule has 0 N–H and O–H groups in total. The predicted octanol–water partition coefficient (Wildman–Crippen LogP) is 2.80. The number of halogens is 1. The molecule has 0 bridgehead atoms. The van der Waals surface area contributed by atoms with E-state index in [1.165, 1.54) is 17.1 Å². The molecule has 0 radical (unpaired) electrons. The van der Waals surface area contributed by atoms with E-state index in [4.69, 9.17) is 9.47 Å². The number of benzene rings is 1. The molecule has 21 heavy (non-hydrogen) atoms. The molecule has 1 aliphatic rings. The zero-order valence-corrected chi connectivity index (χ0v) is 12.1. The Bertz CT molecular complexity index is 581. The van der Waals surface area contributed by atoms with E-state index < -0.39 is 0 Å². The Morgan fingerprint density at radius 2 is 2.05 bits per heavy atom. The van der Waals surface area contributed by atoms with Gasteiger partial charge < -0.3 is 14.4 Å². The van der Waals surface area contributed by atoms with Gasteiger partial charge in [-0.25, -0.2) is 4.39 Å². The highest BCUT2D eigenvalue weighted by Gasteiger charge is 2.15. The van der Waals surface area contributed by atoms with Crippen molar-refractivity contribution in [3.05, 3.63) is 41.7 Å². The minimum atomic E-state index is -0.255. The summed E-state index contributed by atoms with van der Waals surface area (Å²) < 4.78 is 23.5. The van der Waals surface area contributed by atoms with Crippen LogP contribution < -0.4 is 9.47 Å². The first-order valence-electron chi connectivity index (χ1n) is 6.67. The molecule has 2 rings (SSSR count). The first-order valence-corrected chi connectivity index (χ1v) is 6.67. The molecule has 1 amide bonds. The molecule has 112 valence electrons. The lowest BCUT2D eigenvalue weighted by Gasteiger charge is -2.22. The fourth-order valence-corrected chi connectivity index (χ4v) is 2.12. The number of carbonyl (C=O) groups excluding carboxylic acids is 1. The van der Waals surface area contributed by atoms with Crippen LogP contribution in [0.4, 0.5) is 4.39 Å². The molecule has 4 nitrogen and oxygen atoms in total. The summed E-state index contributed by atoms with van der Waals surface area (Å²) >= 11 is 0. The zero-order valence-electron chi connectivity index (χ0n) is 12.1. The number of hydrogen-bond acceptors (Lipinski definition) is 3. The number of nitrogens with zero attached hydrogens (tertiary/aromatic N) is 1. The average Bonchev–Trinajstić information content (AvgIpc) is 2.52. The van der Waals surface area contributed by atoms with Crippen LogP contribution in [0.3, 0.4) is 0 Å². The topological polar surface area (TPSA) is 38.8 Å². The number of carbonyl (C=O) groups is 1. The predicted molar refractivity (Wildman–Crippen MR) is 79.0 cm³/mol. The number of hydrogen-bond donors (Lipinski definition) is 0. The molecule has 0 saturated heterocycles. The smallest absolute Gasteiger partial charge is 0.246 e. The van der Waals surface area contributed by atoms with Gasteiger partial charge in [-0.1, -0.05) is 6.07 Å². The molecule has 0 fully saturated rings. The van der Waals surface area contributed by atoms with Crippen LogP contribution in [-0.2, 0) is 4.79 Å². The lowest BCUT2D eigenvalue weighted by Crippen LogP contribution is -2.33. The number of rotatable bonds is 4. The highest BCUT2D eigenvalue weighted by Crippen LogP contribution is 2.28. The van der Waals surface area contributed by atoms with Crippen LogP contribution in [0.15, 0.2) is 36.2 Å². The summed E-state index contributed by atoms with van der Waals surface area (Å²) in [5.74, 6) is 0.769. The van der Waals surface area contributed by atoms with Crippen molar-refractivity contribution in [1.29, 1.82) is 0 Å². The van der Waals surface area contributed by atoms with Crippen molar-refractivity contribution in [2.75, 3.05) is 27.3 Å². The van der Waals surface area contributed by atoms with E-state index in [-0.39, 0.29) is 18.3 Å². The average molecular weight is 291 g/mol. The summed E-state index contributed by atoms with van der Waals surface area (Å²) in [5, 5.41) is 0. The second-order valence-electron chi connectivity index (χ2n) is 4.65. The van der Waals surface area contributed by atoms with Crippen molar-refractivity contribution in [3.8, 4) is 11.5 Å². The van der Waals surface area contributed by atoms with Crippen molar-refractivity contribution in [2.24, 2.45) is 0 Å². The van der Waals surface area contributed by atoms with Crippen LogP contribution in [0.25, 0.3) is 6.08 Å². The van der Waals surface area contributed by atoms with Crippen LogP contribution in [0.2, 0.25) is 0 Å². The lowest BCUT2D eigenvalue weighted by molar-refractivity contribution is -0.125. The minimum absolute atomic E-state index is 0.0507. The third kappa shape index (κ3) is 3.84. The van der Waals surface area contributed by atoms with Gasteiger partial charge in [0.2, 0.25) is 5.91 Å². The van der Waals surface area contributed by atoms with Crippen LogP contribution in [-0.4, -0.2) is 38.1 Å². The second-order valence-corrected chi connectivity index (χ2v) is 4.65. The van der Waals surface area contributed by atoms with Gasteiger partial charge in [0.05, 0.1) is 20.8 Å². The molecule has 0 atom stereocenters. The molecular weight excluding hydrogens is 273 g/mol. The standard InChI is InChI=1S/C16H18FNO3/c1-20-14-7-5-12(10-15(14)21-2)6-8-16(19)18-9-3-4-13(17)11-18/h4-8,10H,3,9,11H2,1-2H3. The Morgan fingerprint density at radius 1 is 1.29 bits per heavy atom. The molecule has 0 saturated carbocycles. The minimum Gasteiger partial charge on any atom is -0.493 e. The fourth-order valence-electron chi connectivity index (χ4n) is 2.12. The largest absolute Gasteiger partial charge is 0.493 e. The quantitative estimate of drug-likeness (QED) is 0.801. The molecule has 0 unspecified atom stereocenters. The zero-order chi connectivity index (χ0) is 15.2. The summed E-state index contributed by atoms with van der Waals surface area (Å²) in [6.07, 6.45) is 5.20. The Hall–Kier alpha value is -2.30. The number of methoxy groups -OCH3 is 2. The maximum absolute atomic E-state index is 13.2. The van der Waals surface area contributed by atoms with Gasteiger partial charge in [0.25, 0.3) is 0 Å². The molecule has 5 heteroatoms. The Labute approximate surface area is 123 Å². The van der Waals surface area contributed by atoms with Gasteiger partial charge in [0.1, 0.15) is 5.83 Å². The summed E-state index contributed by atoms with van der Waals surface area (Å²) in [5.41, 5.74) is 0.814. The third-order valence-electron chi connectivity index (χ3n) is 3.24. The normalized spacial score (nSPS) is 15.0. The van der Waals surface area contributed by atoms with Gasteiger partial charge >= 0.3 is 0 Å². The Kier molecular flexibility index (Phi) is 4.98. The third-order valence-corrected chi connectivity index (χ3v) is 3.24. The van der Waals surface area contributed by atoms with E-state index in [0.29, 0.717) is 24.5 Å². The molecule has 1 aromatic rings. The SMILES string of the molecule is COc1ccc(C=CC(=O)N2CCC=C(F)C2)cc1OC. The van der Waals surface area contributed by atoms with E-state index in [2.05, 4.69) is 0 Å². The van der Waals surface area contributed by atoms with Crippen LogP contribution in [0.1, 0.15) is 12.0 Å². The van der Waals surface area contributed by atoms with Crippen LogP contribution in [0.5, 0.6) is 11.5 Å². The molecular formula is C16H18FNO3. The first kappa shape index (κ1) is 15.1. The summed E-state index contributed by atoms with van der Waals surface area (Å²) in [7, 11) is 3.12. The summed E-state index contributed by atoms with van der Waals surface area (Å²) in [4.78, 5) is 13.5. The lowest BCUT2D eigenvalue weighted by atomic mass is 10.1. The maximum atomic E-state index is 13.2. The van der Waals surface area contributed by atoms with Crippen molar-refractivity contribution in [1.82, 2.24) is 4.90 Å². The van der Waals surface area contributed by atoms with Gasteiger partial charge in [-0.05, 0) is 36.3 Å².